The highest BCUT2D eigenvalue weighted by molar-refractivity contribution is 7.89. The highest BCUT2D eigenvalue weighted by Crippen LogP contribution is 2.37. The van der Waals surface area contributed by atoms with E-state index in [2.05, 4.69) is 5.10 Å². The molecular weight excluding hydrogens is 418 g/mol. The molecule has 0 aliphatic heterocycles. The first kappa shape index (κ1) is 21.8. The molecule has 8 nitrogen and oxygen atoms in total. The van der Waals surface area contributed by atoms with Crippen LogP contribution >= 0.6 is 0 Å². The predicted octanol–water partition coefficient (Wildman–Crippen LogP) is 3.30. The van der Waals surface area contributed by atoms with Crippen LogP contribution in [0.1, 0.15) is 61.4 Å². The normalized spacial score (nSPS) is 19.5. The number of sulfonamides is 1. The number of aryl methyl sites for hydroxylation is 1. The summed E-state index contributed by atoms with van der Waals surface area (Å²) in [7, 11) is -2.15. The lowest BCUT2D eigenvalue weighted by molar-refractivity contribution is -0.137. The fourth-order valence-corrected chi connectivity index (χ4v) is 6.12. The number of ether oxygens (including phenoxy) is 1. The summed E-state index contributed by atoms with van der Waals surface area (Å²) < 4.78 is 35.7. The van der Waals surface area contributed by atoms with E-state index in [4.69, 9.17) is 9.84 Å². The topological polar surface area (TPSA) is 102 Å². The van der Waals surface area contributed by atoms with Crippen molar-refractivity contribution >= 4 is 16.0 Å². The number of carboxylic acids is 1. The molecule has 1 saturated carbocycles. The summed E-state index contributed by atoms with van der Waals surface area (Å²) in [6, 6.07) is 4.67. The Hall–Kier alpha value is -2.39. The van der Waals surface area contributed by atoms with Gasteiger partial charge in [-0.3, -0.25) is 9.48 Å². The van der Waals surface area contributed by atoms with E-state index in [-0.39, 0.29) is 23.6 Å². The summed E-state index contributed by atoms with van der Waals surface area (Å²) >= 11 is 0. The van der Waals surface area contributed by atoms with Gasteiger partial charge in [0.25, 0.3) is 0 Å². The highest BCUT2D eigenvalue weighted by Gasteiger charge is 2.34. The molecule has 1 aromatic carbocycles. The van der Waals surface area contributed by atoms with Gasteiger partial charge < -0.3 is 9.84 Å². The number of carboxylic acid groups (broad SMARTS) is 1. The second kappa shape index (κ2) is 8.63. The number of fused-ring (bicyclic) bond motifs is 1. The van der Waals surface area contributed by atoms with Crippen molar-refractivity contribution in [3.63, 3.8) is 0 Å². The number of aliphatic carboxylic acids is 1. The first-order valence-electron chi connectivity index (χ1n) is 10.8. The van der Waals surface area contributed by atoms with Gasteiger partial charge in [-0.1, -0.05) is 0 Å². The van der Waals surface area contributed by atoms with E-state index in [0.29, 0.717) is 12.8 Å². The lowest BCUT2D eigenvalue weighted by Crippen LogP contribution is -2.33. The molecule has 1 heterocycles. The van der Waals surface area contributed by atoms with Crippen LogP contribution in [-0.2, 0) is 27.8 Å². The van der Waals surface area contributed by atoms with Gasteiger partial charge in [0.15, 0.2) is 0 Å². The van der Waals surface area contributed by atoms with Crippen molar-refractivity contribution in [2.45, 2.75) is 75.5 Å². The molecule has 1 atom stereocenters. The Morgan fingerprint density at radius 3 is 2.68 bits per heavy atom. The van der Waals surface area contributed by atoms with Crippen LogP contribution in [0.4, 0.5) is 0 Å². The average Bonchev–Trinajstić information content (AvgIpc) is 3.38. The quantitative estimate of drug-likeness (QED) is 0.699. The summed E-state index contributed by atoms with van der Waals surface area (Å²) in [4.78, 5) is 11.3. The third-order valence-corrected chi connectivity index (χ3v) is 8.24. The van der Waals surface area contributed by atoms with Crippen molar-refractivity contribution in [3.05, 3.63) is 41.2 Å². The molecule has 0 unspecified atom stereocenters. The lowest BCUT2D eigenvalue weighted by atomic mass is 9.93. The minimum Gasteiger partial charge on any atom is -0.490 e. The van der Waals surface area contributed by atoms with E-state index in [1.165, 1.54) is 21.8 Å². The van der Waals surface area contributed by atoms with Crippen molar-refractivity contribution in [2.75, 3.05) is 7.05 Å². The third-order valence-electron chi connectivity index (χ3n) is 6.37. The second-order valence-corrected chi connectivity index (χ2v) is 10.5. The minimum absolute atomic E-state index is 0.215. The van der Waals surface area contributed by atoms with Crippen molar-refractivity contribution in [1.29, 1.82) is 0 Å². The Balaban J connectivity index is 1.57. The highest BCUT2D eigenvalue weighted by atomic mass is 32.2. The monoisotopic (exact) mass is 447 g/mol. The zero-order chi connectivity index (χ0) is 22.2. The molecule has 2 aromatic rings. The van der Waals surface area contributed by atoms with Gasteiger partial charge in [-0.05, 0) is 75.6 Å². The van der Waals surface area contributed by atoms with Crippen molar-refractivity contribution in [1.82, 2.24) is 14.1 Å². The molecule has 2 aliphatic carbocycles. The van der Waals surface area contributed by atoms with E-state index in [1.807, 2.05) is 6.92 Å². The maximum absolute atomic E-state index is 13.4. The molecule has 2 aliphatic rings. The minimum atomic E-state index is -3.74. The van der Waals surface area contributed by atoms with Gasteiger partial charge in [-0.25, -0.2) is 8.42 Å². The number of rotatable bonds is 7. The van der Waals surface area contributed by atoms with E-state index < -0.39 is 16.0 Å². The van der Waals surface area contributed by atoms with Gasteiger partial charge in [0.2, 0.25) is 10.0 Å². The van der Waals surface area contributed by atoms with Gasteiger partial charge in [-0.15, -0.1) is 0 Å². The molecule has 0 bridgehead atoms. The van der Waals surface area contributed by atoms with Crippen LogP contribution in [0.15, 0.2) is 29.3 Å². The van der Waals surface area contributed by atoms with Crippen molar-refractivity contribution in [2.24, 2.45) is 0 Å². The van der Waals surface area contributed by atoms with Gasteiger partial charge in [-0.2, -0.15) is 9.40 Å². The molecule has 1 aromatic heterocycles. The van der Waals surface area contributed by atoms with Crippen LogP contribution in [-0.4, -0.2) is 46.7 Å². The van der Waals surface area contributed by atoms with Crippen LogP contribution in [0.3, 0.4) is 0 Å². The molecule has 0 spiro atoms. The second-order valence-electron chi connectivity index (χ2n) is 8.48. The summed E-state index contributed by atoms with van der Waals surface area (Å²) in [5.74, 6) is -0.229. The number of benzene rings is 1. The predicted molar refractivity (Wildman–Crippen MR) is 115 cm³/mol. The number of hydrogen-bond donors (Lipinski definition) is 1. The first-order valence-corrected chi connectivity index (χ1v) is 12.2. The molecule has 1 fully saturated rings. The third kappa shape index (κ3) is 4.34. The largest absolute Gasteiger partial charge is 0.490 e. The molecule has 1 N–H and O–H groups in total. The Labute approximate surface area is 182 Å². The maximum atomic E-state index is 13.4. The molecule has 4 rings (SSSR count). The fraction of sp³-hybridized carbons (Fsp3) is 0.545. The van der Waals surface area contributed by atoms with Crippen LogP contribution in [0, 0.1) is 6.92 Å². The van der Waals surface area contributed by atoms with Gasteiger partial charge in [0.1, 0.15) is 12.3 Å². The number of nitrogens with zero attached hydrogens (tertiary/aromatic N) is 3. The van der Waals surface area contributed by atoms with E-state index >= 15 is 0 Å². The zero-order valence-corrected chi connectivity index (χ0v) is 18.8. The smallest absolute Gasteiger partial charge is 0.325 e. The molecular formula is C22H29N3O5S. The van der Waals surface area contributed by atoms with E-state index in [9.17, 15) is 13.2 Å². The summed E-state index contributed by atoms with van der Waals surface area (Å²) in [5, 5.41) is 13.3. The summed E-state index contributed by atoms with van der Waals surface area (Å²) in [6.45, 7) is 1.65. The maximum Gasteiger partial charge on any atom is 0.325 e. The SMILES string of the molecule is Cc1cc(S(=O)(=O)N(C)[C@@H]2CCCc3c2cnn3CC(=O)O)ccc1OC1CCCC1. The Morgan fingerprint density at radius 2 is 2.00 bits per heavy atom. The lowest BCUT2D eigenvalue weighted by Gasteiger charge is -2.31. The number of hydrogen-bond acceptors (Lipinski definition) is 5. The number of aromatic nitrogens is 2. The van der Waals surface area contributed by atoms with Crippen molar-refractivity contribution in [3.8, 4) is 5.75 Å². The van der Waals surface area contributed by atoms with E-state index in [1.54, 1.807) is 31.4 Å². The Bertz CT molecular complexity index is 1070. The molecule has 0 saturated heterocycles. The fourth-order valence-electron chi connectivity index (χ4n) is 4.67. The van der Waals surface area contributed by atoms with Crippen molar-refractivity contribution < 1.29 is 23.1 Å². The Morgan fingerprint density at radius 1 is 1.26 bits per heavy atom. The van der Waals surface area contributed by atoms with Crippen LogP contribution in [0.5, 0.6) is 5.75 Å². The summed E-state index contributed by atoms with van der Waals surface area (Å²) in [5.41, 5.74) is 2.40. The average molecular weight is 448 g/mol. The molecule has 168 valence electrons. The molecule has 31 heavy (non-hydrogen) atoms. The zero-order valence-electron chi connectivity index (χ0n) is 18.0. The van der Waals surface area contributed by atoms with Crippen LogP contribution in [0.25, 0.3) is 0 Å². The standard InChI is InChI=1S/C22H29N3O5S/c1-15-12-17(10-11-21(15)30-16-6-3-4-7-16)31(28,29)24(2)19-8-5-9-20-18(19)13-23-25(20)14-22(26)27/h10-13,16,19H,3-9,14H2,1-2H3,(H,26,27)/t19-/m1/s1. The Kier molecular flexibility index (Phi) is 6.07. The first-order chi connectivity index (χ1) is 14.8. The van der Waals surface area contributed by atoms with Gasteiger partial charge in [0.05, 0.1) is 23.2 Å². The number of carbonyl (C=O) groups is 1. The molecule has 0 amide bonds. The summed E-state index contributed by atoms with van der Waals surface area (Å²) in [6.07, 6.45) is 8.40. The molecule has 9 heteroatoms. The van der Waals surface area contributed by atoms with E-state index in [0.717, 1.165) is 41.8 Å². The van der Waals surface area contributed by atoms with Gasteiger partial charge >= 0.3 is 5.97 Å². The van der Waals surface area contributed by atoms with Crippen LogP contribution in [0.2, 0.25) is 0 Å². The molecule has 0 radical (unpaired) electrons. The van der Waals surface area contributed by atoms with Gasteiger partial charge in [0, 0.05) is 18.3 Å². The van der Waals surface area contributed by atoms with Crippen LogP contribution < -0.4 is 4.74 Å².